The summed E-state index contributed by atoms with van der Waals surface area (Å²) in [5, 5.41) is 3.41. The molecule has 82 valence electrons. The molecule has 5 heteroatoms. The van der Waals surface area contributed by atoms with Crippen molar-refractivity contribution in [2.45, 2.75) is 18.2 Å². The Morgan fingerprint density at radius 2 is 2.07 bits per heavy atom. The highest BCUT2D eigenvalue weighted by atomic mass is 79.9. The average molecular weight is 355 g/mol. The van der Waals surface area contributed by atoms with Gasteiger partial charge in [-0.3, -0.25) is 4.79 Å². The second kappa shape index (κ2) is 4.85. The first-order valence-corrected chi connectivity index (χ1v) is 6.22. The van der Waals surface area contributed by atoms with Crippen LogP contribution in [0.2, 0.25) is 5.02 Å². The minimum absolute atomic E-state index is 0.106. The van der Waals surface area contributed by atoms with Crippen molar-refractivity contribution in [3.63, 3.8) is 0 Å². The fourth-order valence-electron chi connectivity index (χ4n) is 0.862. The highest BCUT2D eigenvalue weighted by Gasteiger charge is 2.23. The maximum absolute atomic E-state index is 11.7. The zero-order chi connectivity index (χ0) is 11.6. The molecule has 0 aliphatic rings. The molecule has 1 N–H and O–H groups in total. The maximum atomic E-state index is 11.7. The van der Waals surface area contributed by atoms with Crippen molar-refractivity contribution in [1.82, 2.24) is 0 Å². The van der Waals surface area contributed by atoms with Crippen LogP contribution in [0.4, 0.5) is 5.69 Å². The summed E-state index contributed by atoms with van der Waals surface area (Å²) in [5.41, 5.74) is 0.705. The number of anilines is 1. The van der Waals surface area contributed by atoms with E-state index in [4.69, 9.17) is 11.6 Å². The minimum atomic E-state index is -0.591. The van der Waals surface area contributed by atoms with E-state index in [0.717, 1.165) is 4.47 Å². The Hall–Kier alpha value is -0.0600. The summed E-state index contributed by atoms with van der Waals surface area (Å²) in [6.45, 7) is 3.57. The summed E-state index contributed by atoms with van der Waals surface area (Å²) in [6.07, 6.45) is 0. The normalized spacial score (nSPS) is 11.3. The van der Waals surface area contributed by atoms with E-state index < -0.39 is 4.32 Å². The van der Waals surface area contributed by atoms with Crippen LogP contribution in [0.15, 0.2) is 22.7 Å². The fourth-order valence-corrected chi connectivity index (χ4v) is 1.74. The fraction of sp³-hybridized carbons (Fsp3) is 0.300. The third kappa shape index (κ3) is 3.78. The van der Waals surface area contributed by atoms with Gasteiger partial charge in [-0.05, 0) is 48.0 Å². The highest BCUT2D eigenvalue weighted by molar-refractivity contribution is 9.10. The van der Waals surface area contributed by atoms with E-state index in [-0.39, 0.29) is 5.91 Å². The van der Waals surface area contributed by atoms with Gasteiger partial charge < -0.3 is 5.32 Å². The molecule has 0 unspecified atom stereocenters. The lowest BCUT2D eigenvalue weighted by atomic mass is 10.2. The van der Waals surface area contributed by atoms with E-state index in [1.807, 2.05) is 0 Å². The van der Waals surface area contributed by atoms with Crippen LogP contribution in [0.3, 0.4) is 0 Å². The molecule has 0 spiro atoms. The van der Waals surface area contributed by atoms with Crippen molar-refractivity contribution >= 4 is 55.1 Å². The molecule has 0 radical (unpaired) electrons. The van der Waals surface area contributed by atoms with Gasteiger partial charge in [0.15, 0.2) is 0 Å². The van der Waals surface area contributed by atoms with Crippen molar-refractivity contribution < 1.29 is 4.79 Å². The first kappa shape index (κ1) is 13.0. The SMILES string of the molecule is CC(C)(Br)C(=O)Nc1ccc(Cl)cc1Br. The summed E-state index contributed by atoms with van der Waals surface area (Å²) < 4.78 is 0.173. The van der Waals surface area contributed by atoms with Gasteiger partial charge in [-0.25, -0.2) is 0 Å². The molecule has 0 aliphatic carbocycles. The molecule has 0 aromatic heterocycles. The number of rotatable bonds is 2. The smallest absolute Gasteiger partial charge is 0.240 e. The molecule has 1 rings (SSSR count). The zero-order valence-corrected chi connectivity index (χ0v) is 12.2. The number of benzene rings is 1. The predicted molar refractivity (Wildman–Crippen MR) is 70.8 cm³/mol. The molecular weight excluding hydrogens is 345 g/mol. The van der Waals surface area contributed by atoms with Crippen LogP contribution >= 0.6 is 43.5 Å². The lowest BCUT2D eigenvalue weighted by molar-refractivity contribution is -0.117. The number of carbonyl (C=O) groups is 1. The standard InChI is InChI=1S/C10H10Br2ClNO/c1-10(2,12)9(15)14-8-4-3-6(13)5-7(8)11/h3-5H,1-2H3,(H,14,15). The Morgan fingerprint density at radius 1 is 1.47 bits per heavy atom. The number of amides is 1. The molecule has 0 saturated carbocycles. The molecular formula is C10H10Br2ClNO. The number of hydrogen-bond acceptors (Lipinski definition) is 1. The third-order valence-corrected chi connectivity index (χ3v) is 2.97. The molecule has 0 aliphatic heterocycles. The summed E-state index contributed by atoms with van der Waals surface area (Å²) in [5.74, 6) is -0.106. The summed E-state index contributed by atoms with van der Waals surface area (Å²) in [7, 11) is 0. The lowest BCUT2D eigenvalue weighted by Crippen LogP contribution is -2.31. The van der Waals surface area contributed by atoms with Crippen LogP contribution in [0.25, 0.3) is 0 Å². The Bertz CT molecular complexity index is 387. The summed E-state index contributed by atoms with van der Waals surface area (Å²) >= 11 is 12.4. The molecule has 1 aromatic carbocycles. The molecule has 1 aromatic rings. The van der Waals surface area contributed by atoms with Crippen LogP contribution in [-0.2, 0) is 4.79 Å². The molecule has 0 saturated heterocycles. The summed E-state index contributed by atoms with van der Waals surface area (Å²) in [6, 6.07) is 5.21. The highest BCUT2D eigenvalue weighted by Crippen LogP contribution is 2.27. The van der Waals surface area contributed by atoms with E-state index in [0.29, 0.717) is 10.7 Å². The molecule has 0 bridgehead atoms. The monoisotopic (exact) mass is 353 g/mol. The van der Waals surface area contributed by atoms with Gasteiger partial charge in [-0.2, -0.15) is 0 Å². The van der Waals surface area contributed by atoms with Crippen molar-refractivity contribution in [3.05, 3.63) is 27.7 Å². The molecule has 15 heavy (non-hydrogen) atoms. The largest absolute Gasteiger partial charge is 0.324 e. The quantitative estimate of drug-likeness (QED) is 0.791. The van der Waals surface area contributed by atoms with Gasteiger partial charge in [-0.15, -0.1) is 0 Å². The minimum Gasteiger partial charge on any atom is -0.324 e. The van der Waals surface area contributed by atoms with Gasteiger partial charge >= 0.3 is 0 Å². The molecule has 0 fully saturated rings. The second-order valence-corrected chi connectivity index (χ2v) is 6.82. The van der Waals surface area contributed by atoms with Gasteiger partial charge in [-0.1, -0.05) is 27.5 Å². The lowest BCUT2D eigenvalue weighted by Gasteiger charge is -2.16. The number of halogens is 3. The Morgan fingerprint density at radius 3 is 2.53 bits per heavy atom. The number of alkyl halides is 1. The van der Waals surface area contributed by atoms with Crippen LogP contribution < -0.4 is 5.32 Å². The van der Waals surface area contributed by atoms with E-state index >= 15 is 0 Å². The van der Waals surface area contributed by atoms with Crippen LogP contribution in [0, 0.1) is 0 Å². The Labute approximate surface area is 111 Å². The zero-order valence-electron chi connectivity index (χ0n) is 8.27. The second-order valence-electron chi connectivity index (χ2n) is 3.55. The maximum Gasteiger partial charge on any atom is 0.240 e. The number of hydrogen-bond donors (Lipinski definition) is 1. The summed E-state index contributed by atoms with van der Waals surface area (Å²) in [4.78, 5) is 11.7. The average Bonchev–Trinajstić information content (AvgIpc) is 2.08. The van der Waals surface area contributed by atoms with E-state index in [1.54, 1.807) is 32.0 Å². The van der Waals surface area contributed by atoms with E-state index in [9.17, 15) is 4.79 Å². The van der Waals surface area contributed by atoms with Gasteiger partial charge in [0.1, 0.15) is 0 Å². The number of nitrogens with one attached hydrogen (secondary N) is 1. The third-order valence-electron chi connectivity index (χ3n) is 1.72. The van der Waals surface area contributed by atoms with Gasteiger partial charge in [0.2, 0.25) is 5.91 Å². The predicted octanol–water partition coefficient (Wildman–Crippen LogP) is 4.21. The van der Waals surface area contributed by atoms with Crippen molar-refractivity contribution in [1.29, 1.82) is 0 Å². The molecule has 0 atom stereocenters. The Kier molecular flexibility index (Phi) is 4.20. The van der Waals surface area contributed by atoms with Gasteiger partial charge in [0, 0.05) is 9.50 Å². The van der Waals surface area contributed by atoms with Crippen LogP contribution in [0.1, 0.15) is 13.8 Å². The van der Waals surface area contributed by atoms with E-state index in [1.165, 1.54) is 0 Å². The Balaban J connectivity index is 2.87. The van der Waals surface area contributed by atoms with Crippen LogP contribution in [-0.4, -0.2) is 10.2 Å². The topological polar surface area (TPSA) is 29.1 Å². The number of carbonyl (C=O) groups excluding carboxylic acids is 1. The molecule has 0 heterocycles. The van der Waals surface area contributed by atoms with Crippen molar-refractivity contribution in [2.24, 2.45) is 0 Å². The van der Waals surface area contributed by atoms with Crippen molar-refractivity contribution in [3.8, 4) is 0 Å². The molecule has 2 nitrogen and oxygen atoms in total. The van der Waals surface area contributed by atoms with Gasteiger partial charge in [0.05, 0.1) is 10.0 Å². The molecule has 1 amide bonds. The van der Waals surface area contributed by atoms with Crippen molar-refractivity contribution in [2.75, 3.05) is 5.32 Å². The van der Waals surface area contributed by atoms with E-state index in [2.05, 4.69) is 37.2 Å². The van der Waals surface area contributed by atoms with Crippen LogP contribution in [0.5, 0.6) is 0 Å². The van der Waals surface area contributed by atoms with Gasteiger partial charge in [0.25, 0.3) is 0 Å². The first-order valence-electron chi connectivity index (χ1n) is 4.26. The first-order chi connectivity index (χ1) is 6.80.